The normalized spacial score (nSPS) is 11.8. The average molecular weight is 413 g/mol. The van der Waals surface area contributed by atoms with Crippen molar-refractivity contribution in [2.75, 3.05) is 20.1 Å². The first kappa shape index (κ1) is 18.9. The highest BCUT2D eigenvalue weighted by atomic mass is 79.9. The fourth-order valence-electron chi connectivity index (χ4n) is 2.30. The third kappa shape index (κ3) is 5.59. The van der Waals surface area contributed by atoms with E-state index in [1.165, 1.54) is 4.88 Å². The minimum Gasteiger partial charge on any atom is -0.354 e. The number of guanidine groups is 1. The fourth-order valence-corrected chi connectivity index (χ4v) is 3.84. The lowest BCUT2D eigenvalue weighted by molar-refractivity contribution is 0.474. The Balaban J connectivity index is 1.92. The van der Waals surface area contributed by atoms with Crippen LogP contribution in [0.1, 0.15) is 31.0 Å². The number of aryl methyl sites for hydroxylation is 1. The molecule has 0 aliphatic heterocycles. The van der Waals surface area contributed by atoms with Gasteiger partial charge in [-0.25, -0.2) is 0 Å². The van der Waals surface area contributed by atoms with E-state index in [4.69, 9.17) is 4.99 Å². The summed E-state index contributed by atoms with van der Waals surface area (Å²) in [5, 5.41) is 11.6. The summed E-state index contributed by atoms with van der Waals surface area (Å²) in [4.78, 5) is 8.17. The Kier molecular flexibility index (Phi) is 7.71. The Hall–Kier alpha value is -1.41. The zero-order valence-corrected chi connectivity index (χ0v) is 16.9. The molecule has 6 nitrogen and oxygen atoms in total. The molecule has 132 valence electrons. The molecule has 0 saturated heterocycles. The summed E-state index contributed by atoms with van der Waals surface area (Å²) in [6, 6.07) is 4.23. The van der Waals surface area contributed by atoms with Crippen LogP contribution in [-0.4, -0.2) is 45.8 Å². The van der Waals surface area contributed by atoms with E-state index < -0.39 is 0 Å². The molecule has 0 spiro atoms. The quantitative estimate of drug-likeness (QED) is 0.534. The maximum absolute atomic E-state index is 4.69. The maximum Gasteiger partial charge on any atom is 0.194 e. The molecule has 2 aromatic heterocycles. The van der Waals surface area contributed by atoms with E-state index in [2.05, 4.69) is 73.9 Å². The second-order valence-corrected chi connectivity index (χ2v) is 8.04. The highest BCUT2D eigenvalue weighted by molar-refractivity contribution is 9.11. The lowest BCUT2D eigenvalue weighted by Crippen LogP contribution is -2.40. The Morgan fingerprint density at radius 3 is 2.92 bits per heavy atom. The minimum atomic E-state index is 0.798. The van der Waals surface area contributed by atoms with Crippen LogP contribution in [0.3, 0.4) is 0 Å². The zero-order valence-electron chi connectivity index (χ0n) is 14.5. The van der Waals surface area contributed by atoms with Crippen LogP contribution in [0.15, 0.2) is 27.2 Å². The van der Waals surface area contributed by atoms with Crippen molar-refractivity contribution in [2.45, 2.75) is 39.8 Å². The number of rotatable bonds is 8. The lowest BCUT2D eigenvalue weighted by atomic mass is 10.4. The van der Waals surface area contributed by atoms with E-state index in [0.29, 0.717) is 0 Å². The van der Waals surface area contributed by atoms with Gasteiger partial charge >= 0.3 is 0 Å². The second-order valence-electron chi connectivity index (χ2n) is 5.49. The summed E-state index contributed by atoms with van der Waals surface area (Å²) >= 11 is 5.27. The summed E-state index contributed by atoms with van der Waals surface area (Å²) < 4.78 is 3.24. The van der Waals surface area contributed by atoms with Gasteiger partial charge in [-0.05, 0) is 34.5 Å². The first-order valence-electron chi connectivity index (χ1n) is 8.24. The fraction of sp³-hybridized carbons (Fsp3) is 0.562. The number of hydrogen-bond acceptors (Lipinski definition) is 4. The van der Waals surface area contributed by atoms with Crippen LogP contribution in [0, 0.1) is 0 Å². The second kappa shape index (κ2) is 9.78. The molecule has 2 heterocycles. The van der Waals surface area contributed by atoms with Crippen LogP contribution < -0.4 is 5.32 Å². The van der Waals surface area contributed by atoms with E-state index in [-0.39, 0.29) is 0 Å². The Morgan fingerprint density at radius 2 is 2.25 bits per heavy atom. The first-order chi connectivity index (χ1) is 11.6. The molecule has 2 aromatic rings. The third-order valence-corrected chi connectivity index (χ3v) is 5.12. The summed E-state index contributed by atoms with van der Waals surface area (Å²) in [6.45, 7) is 7.54. The number of thiophene rings is 1. The van der Waals surface area contributed by atoms with Gasteiger partial charge < -0.3 is 14.8 Å². The van der Waals surface area contributed by atoms with Crippen molar-refractivity contribution in [3.05, 3.63) is 32.9 Å². The van der Waals surface area contributed by atoms with Crippen LogP contribution in [-0.2, 0) is 19.5 Å². The minimum absolute atomic E-state index is 0.798. The van der Waals surface area contributed by atoms with Gasteiger partial charge in [0.2, 0.25) is 0 Å². The third-order valence-electron chi connectivity index (χ3n) is 3.52. The van der Waals surface area contributed by atoms with Crippen LogP contribution in [0.5, 0.6) is 0 Å². The van der Waals surface area contributed by atoms with E-state index in [1.807, 2.05) is 0 Å². The van der Waals surface area contributed by atoms with Crippen molar-refractivity contribution >= 4 is 33.2 Å². The Labute approximate surface area is 156 Å². The molecule has 0 aliphatic carbocycles. The molecular weight excluding hydrogens is 388 g/mol. The molecule has 0 aliphatic rings. The van der Waals surface area contributed by atoms with Crippen LogP contribution >= 0.6 is 27.3 Å². The number of aromatic nitrogens is 3. The zero-order chi connectivity index (χ0) is 17.4. The number of nitrogens with one attached hydrogen (secondary N) is 1. The van der Waals surface area contributed by atoms with Gasteiger partial charge in [0.1, 0.15) is 12.2 Å². The van der Waals surface area contributed by atoms with Crippen molar-refractivity contribution in [3.8, 4) is 0 Å². The molecule has 0 fully saturated rings. The SMILES string of the molecule is CCCN=C(NCCn1cnnc1CC)N(C)Cc1ccc(Br)s1. The standard InChI is InChI=1S/C16H25BrN6S/c1-4-8-18-16(22(3)11-13-6-7-14(17)24-13)19-9-10-23-12-20-21-15(23)5-2/h6-7,12H,4-5,8-11H2,1-3H3,(H,18,19). The highest BCUT2D eigenvalue weighted by Gasteiger charge is 2.09. The molecule has 0 atom stereocenters. The summed E-state index contributed by atoms with van der Waals surface area (Å²) in [6.07, 6.45) is 3.72. The molecule has 1 N–H and O–H groups in total. The molecule has 0 radical (unpaired) electrons. The largest absolute Gasteiger partial charge is 0.354 e. The van der Waals surface area contributed by atoms with Gasteiger partial charge in [-0.1, -0.05) is 13.8 Å². The molecule has 0 amide bonds. The number of halogens is 1. The van der Waals surface area contributed by atoms with Crippen molar-refractivity contribution in [1.82, 2.24) is 25.0 Å². The maximum atomic E-state index is 4.69. The number of aliphatic imine (C=N–C) groups is 1. The Morgan fingerprint density at radius 1 is 1.42 bits per heavy atom. The van der Waals surface area contributed by atoms with Crippen molar-refractivity contribution in [3.63, 3.8) is 0 Å². The van der Waals surface area contributed by atoms with Crippen molar-refractivity contribution in [2.24, 2.45) is 4.99 Å². The number of nitrogens with zero attached hydrogens (tertiary/aromatic N) is 5. The van der Waals surface area contributed by atoms with Gasteiger partial charge in [0.05, 0.1) is 10.3 Å². The lowest BCUT2D eigenvalue weighted by Gasteiger charge is -2.22. The number of hydrogen-bond donors (Lipinski definition) is 1. The summed E-state index contributed by atoms with van der Waals surface area (Å²) in [7, 11) is 2.07. The van der Waals surface area contributed by atoms with E-state index >= 15 is 0 Å². The molecule has 8 heteroatoms. The van der Waals surface area contributed by atoms with E-state index in [0.717, 1.165) is 54.6 Å². The average Bonchev–Trinajstić information content (AvgIpc) is 3.19. The first-order valence-corrected chi connectivity index (χ1v) is 9.85. The van der Waals surface area contributed by atoms with E-state index in [9.17, 15) is 0 Å². The van der Waals surface area contributed by atoms with Crippen LogP contribution in [0.4, 0.5) is 0 Å². The van der Waals surface area contributed by atoms with Crippen molar-refractivity contribution < 1.29 is 0 Å². The molecule has 0 saturated carbocycles. The topological polar surface area (TPSA) is 58.3 Å². The smallest absolute Gasteiger partial charge is 0.194 e. The molecular formula is C16H25BrN6S. The Bertz CT molecular complexity index is 651. The summed E-state index contributed by atoms with van der Waals surface area (Å²) in [5.41, 5.74) is 0. The van der Waals surface area contributed by atoms with E-state index in [1.54, 1.807) is 17.7 Å². The summed E-state index contributed by atoms with van der Waals surface area (Å²) in [5.74, 6) is 1.95. The predicted octanol–water partition coefficient (Wildman–Crippen LogP) is 3.15. The van der Waals surface area contributed by atoms with Gasteiger partial charge in [0.25, 0.3) is 0 Å². The molecule has 0 bridgehead atoms. The monoisotopic (exact) mass is 412 g/mol. The van der Waals surface area contributed by atoms with Gasteiger partial charge in [-0.15, -0.1) is 21.5 Å². The van der Waals surface area contributed by atoms with Gasteiger partial charge in [-0.3, -0.25) is 4.99 Å². The van der Waals surface area contributed by atoms with Crippen LogP contribution in [0.2, 0.25) is 0 Å². The van der Waals surface area contributed by atoms with Gasteiger partial charge in [0.15, 0.2) is 5.96 Å². The molecule has 0 aromatic carbocycles. The van der Waals surface area contributed by atoms with Gasteiger partial charge in [-0.2, -0.15) is 0 Å². The molecule has 2 rings (SSSR count). The van der Waals surface area contributed by atoms with Crippen LogP contribution in [0.25, 0.3) is 0 Å². The molecule has 0 unspecified atom stereocenters. The highest BCUT2D eigenvalue weighted by Crippen LogP contribution is 2.22. The molecule has 24 heavy (non-hydrogen) atoms. The van der Waals surface area contributed by atoms with Gasteiger partial charge in [0, 0.05) is 38.0 Å². The predicted molar refractivity (Wildman–Crippen MR) is 103 cm³/mol. The van der Waals surface area contributed by atoms with Crippen molar-refractivity contribution in [1.29, 1.82) is 0 Å².